The number of oxazole rings is 1. The van der Waals surface area contributed by atoms with Gasteiger partial charge < -0.3 is 14.3 Å². The van der Waals surface area contributed by atoms with Crippen LogP contribution in [0.25, 0.3) is 0 Å². The Kier molecular flexibility index (Phi) is 3.25. The van der Waals surface area contributed by atoms with Crippen molar-refractivity contribution >= 4 is 5.91 Å². The van der Waals surface area contributed by atoms with E-state index in [1.165, 1.54) is 0 Å². The minimum absolute atomic E-state index is 0.188. The molecule has 0 bridgehead atoms. The number of hydrogen-bond donors (Lipinski definition) is 1. The summed E-state index contributed by atoms with van der Waals surface area (Å²) in [5.41, 5.74) is -0.0361. The number of aromatic nitrogens is 4. The van der Waals surface area contributed by atoms with E-state index in [0.717, 1.165) is 56.7 Å². The van der Waals surface area contributed by atoms with Gasteiger partial charge in [-0.25, -0.2) is 4.98 Å². The van der Waals surface area contributed by atoms with Crippen molar-refractivity contribution in [2.75, 3.05) is 0 Å². The van der Waals surface area contributed by atoms with Gasteiger partial charge in [0.25, 0.3) is 5.91 Å². The molecule has 0 atom stereocenters. The van der Waals surface area contributed by atoms with Gasteiger partial charge in [0.15, 0.2) is 17.4 Å². The number of carbonyl (C=O) groups is 1. The highest BCUT2D eigenvalue weighted by molar-refractivity contribution is 5.93. The summed E-state index contributed by atoms with van der Waals surface area (Å²) >= 11 is 0. The lowest BCUT2D eigenvalue weighted by atomic mass is 9.75. The minimum atomic E-state index is -0.404. The van der Waals surface area contributed by atoms with Crippen molar-refractivity contribution in [2.45, 2.75) is 64.5 Å². The Morgan fingerprint density at radius 2 is 2.04 bits per heavy atom. The molecule has 7 heteroatoms. The average molecular weight is 315 g/mol. The van der Waals surface area contributed by atoms with E-state index in [2.05, 4.69) is 25.1 Å². The zero-order valence-electron chi connectivity index (χ0n) is 13.6. The van der Waals surface area contributed by atoms with E-state index in [4.69, 9.17) is 4.42 Å². The number of amides is 1. The van der Waals surface area contributed by atoms with Crippen LogP contribution in [0.3, 0.4) is 0 Å². The summed E-state index contributed by atoms with van der Waals surface area (Å²) in [5, 5.41) is 11.9. The first-order valence-electron chi connectivity index (χ1n) is 8.28. The van der Waals surface area contributed by atoms with Gasteiger partial charge in [-0.2, -0.15) is 0 Å². The smallest absolute Gasteiger partial charge is 0.274 e. The van der Waals surface area contributed by atoms with E-state index < -0.39 is 5.54 Å². The van der Waals surface area contributed by atoms with E-state index in [1.807, 2.05) is 0 Å². The Balaban J connectivity index is 1.64. The van der Waals surface area contributed by atoms with Crippen LogP contribution in [0.1, 0.15) is 65.9 Å². The first-order chi connectivity index (χ1) is 11.1. The highest BCUT2D eigenvalue weighted by atomic mass is 16.4. The fourth-order valence-electron chi connectivity index (χ4n) is 3.61. The van der Waals surface area contributed by atoms with Crippen LogP contribution >= 0.6 is 0 Å². The van der Waals surface area contributed by atoms with Gasteiger partial charge in [-0.3, -0.25) is 4.79 Å². The second kappa shape index (κ2) is 5.18. The zero-order chi connectivity index (χ0) is 16.0. The summed E-state index contributed by atoms with van der Waals surface area (Å²) in [4.78, 5) is 16.9. The average Bonchev–Trinajstić information content (AvgIpc) is 3.06. The Labute approximate surface area is 134 Å². The molecule has 3 heterocycles. The van der Waals surface area contributed by atoms with E-state index in [-0.39, 0.29) is 5.91 Å². The van der Waals surface area contributed by atoms with E-state index >= 15 is 0 Å². The van der Waals surface area contributed by atoms with Crippen LogP contribution in [0.4, 0.5) is 0 Å². The number of nitrogens with one attached hydrogen (secondary N) is 1. The standard InChI is InChI=1S/C16H21N5O2/c1-10-13(17-11(2)23-10)14(22)18-16(7-5-8-16)15-20-19-12-6-3-4-9-21(12)15/h3-9H2,1-2H3,(H,18,22). The molecule has 2 aromatic heterocycles. The van der Waals surface area contributed by atoms with Crippen LogP contribution in [0.15, 0.2) is 4.42 Å². The van der Waals surface area contributed by atoms with Gasteiger partial charge in [0.05, 0.1) is 0 Å². The van der Waals surface area contributed by atoms with Crippen molar-refractivity contribution in [1.29, 1.82) is 0 Å². The Morgan fingerprint density at radius 3 is 2.70 bits per heavy atom. The molecule has 2 aromatic rings. The highest BCUT2D eigenvalue weighted by Crippen LogP contribution is 2.41. The lowest BCUT2D eigenvalue weighted by molar-refractivity contribution is 0.0794. The summed E-state index contributed by atoms with van der Waals surface area (Å²) in [7, 11) is 0. The van der Waals surface area contributed by atoms with Gasteiger partial charge >= 0.3 is 0 Å². The van der Waals surface area contributed by atoms with Gasteiger partial charge in [-0.05, 0) is 39.0 Å². The first-order valence-corrected chi connectivity index (χ1v) is 8.28. The number of nitrogens with zero attached hydrogens (tertiary/aromatic N) is 4. The highest BCUT2D eigenvalue weighted by Gasteiger charge is 2.45. The summed E-state index contributed by atoms with van der Waals surface area (Å²) in [5.74, 6) is 2.82. The summed E-state index contributed by atoms with van der Waals surface area (Å²) in [6.07, 6.45) is 6.15. The molecule has 0 saturated heterocycles. The molecule has 2 aliphatic rings. The van der Waals surface area contributed by atoms with Crippen LogP contribution in [0.5, 0.6) is 0 Å². The predicted molar refractivity (Wildman–Crippen MR) is 81.9 cm³/mol. The fraction of sp³-hybridized carbons (Fsp3) is 0.625. The molecule has 1 aliphatic heterocycles. The summed E-state index contributed by atoms with van der Waals surface area (Å²) < 4.78 is 7.58. The Morgan fingerprint density at radius 1 is 1.22 bits per heavy atom. The van der Waals surface area contributed by atoms with Crippen molar-refractivity contribution in [3.8, 4) is 0 Å². The van der Waals surface area contributed by atoms with Crippen LogP contribution in [-0.2, 0) is 18.5 Å². The molecule has 1 N–H and O–H groups in total. The number of hydrogen-bond acceptors (Lipinski definition) is 5. The van der Waals surface area contributed by atoms with E-state index in [9.17, 15) is 4.79 Å². The topological polar surface area (TPSA) is 85.8 Å². The Bertz CT molecular complexity index is 757. The van der Waals surface area contributed by atoms with Gasteiger partial charge in [0, 0.05) is 19.9 Å². The molecule has 1 saturated carbocycles. The molecule has 4 rings (SSSR count). The molecule has 0 aromatic carbocycles. The van der Waals surface area contributed by atoms with Crippen LogP contribution in [0.2, 0.25) is 0 Å². The summed E-state index contributed by atoms with van der Waals surface area (Å²) in [6.45, 7) is 4.45. The number of rotatable bonds is 3. The second-order valence-electron chi connectivity index (χ2n) is 6.58. The van der Waals surface area contributed by atoms with Gasteiger partial charge in [0.1, 0.15) is 17.1 Å². The minimum Gasteiger partial charge on any atom is -0.445 e. The third kappa shape index (κ3) is 2.26. The molecule has 1 aliphatic carbocycles. The lowest BCUT2D eigenvalue weighted by Crippen LogP contribution is -2.52. The molecule has 1 amide bonds. The number of carbonyl (C=O) groups excluding carboxylic acids is 1. The SMILES string of the molecule is Cc1nc(C(=O)NC2(c3nnc4n3CCCC4)CCC2)c(C)o1. The molecule has 1 fully saturated rings. The third-order valence-corrected chi connectivity index (χ3v) is 4.97. The van der Waals surface area contributed by atoms with Crippen LogP contribution in [-0.4, -0.2) is 25.7 Å². The quantitative estimate of drug-likeness (QED) is 0.936. The van der Waals surface area contributed by atoms with Crippen molar-refractivity contribution in [3.63, 3.8) is 0 Å². The Hall–Kier alpha value is -2.18. The summed E-state index contributed by atoms with van der Waals surface area (Å²) in [6, 6.07) is 0. The van der Waals surface area contributed by atoms with Crippen molar-refractivity contribution in [3.05, 3.63) is 29.0 Å². The van der Waals surface area contributed by atoms with Crippen molar-refractivity contribution in [2.24, 2.45) is 0 Å². The molecule has 23 heavy (non-hydrogen) atoms. The van der Waals surface area contributed by atoms with E-state index in [1.54, 1.807) is 13.8 Å². The normalized spacial score (nSPS) is 19.0. The predicted octanol–water partition coefficient (Wildman–Crippen LogP) is 2.03. The maximum atomic E-state index is 12.7. The molecule has 0 unspecified atom stereocenters. The van der Waals surface area contributed by atoms with Crippen LogP contribution < -0.4 is 5.32 Å². The van der Waals surface area contributed by atoms with Crippen molar-refractivity contribution < 1.29 is 9.21 Å². The molecular weight excluding hydrogens is 294 g/mol. The largest absolute Gasteiger partial charge is 0.445 e. The lowest BCUT2D eigenvalue weighted by Gasteiger charge is -2.41. The third-order valence-electron chi connectivity index (χ3n) is 4.97. The number of aryl methyl sites for hydroxylation is 3. The van der Waals surface area contributed by atoms with Gasteiger partial charge in [-0.1, -0.05) is 0 Å². The number of fused-ring (bicyclic) bond motifs is 1. The molecule has 0 radical (unpaired) electrons. The molecule has 0 spiro atoms. The van der Waals surface area contributed by atoms with Crippen molar-refractivity contribution in [1.82, 2.24) is 25.1 Å². The molecule has 122 valence electrons. The van der Waals surface area contributed by atoms with Crippen LogP contribution in [0, 0.1) is 13.8 Å². The van der Waals surface area contributed by atoms with Gasteiger partial charge in [0.2, 0.25) is 0 Å². The maximum Gasteiger partial charge on any atom is 0.274 e. The molecular formula is C16H21N5O2. The fourth-order valence-corrected chi connectivity index (χ4v) is 3.61. The monoisotopic (exact) mass is 315 g/mol. The second-order valence-corrected chi connectivity index (χ2v) is 6.58. The maximum absolute atomic E-state index is 12.7. The zero-order valence-corrected chi connectivity index (χ0v) is 13.6. The first kappa shape index (κ1) is 14.4. The van der Waals surface area contributed by atoms with Gasteiger partial charge in [-0.15, -0.1) is 10.2 Å². The molecule has 7 nitrogen and oxygen atoms in total. The van der Waals surface area contributed by atoms with E-state index in [0.29, 0.717) is 17.3 Å².